The van der Waals surface area contributed by atoms with Crippen LogP contribution in [0.5, 0.6) is 0 Å². The second-order valence-corrected chi connectivity index (χ2v) is 7.84. The molecule has 9 heteroatoms. The van der Waals surface area contributed by atoms with Crippen molar-refractivity contribution in [1.82, 2.24) is 9.97 Å². The summed E-state index contributed by atoms with van der Waals surface area (Å²) in [6.07, 6.45) is -0.140. The highest BCUT2D eigenvalue weighted by atomic mass is 35.5. The van der Waals surface area contributed by atoms with Crippen LogP contribution in [0.3, 0.4) is 0 Å². The second kappa shape index (κ2) is 8.23. The van der Waals surface area contributed by atoms with Crippen LogP contribution in [-0.2, 0) is 9.59 Å². The van der Waals surface area contributed by atoms with E-state index in [0.29, 0.717) is 16.4 Å². The molecule has 2 aromatic carbocycles. The molecule has 1 aliphatic rings. The van der Waals surface area contributed by atoms with Gasteiger partial charge in [-0.25, -0.2) is 0 Å². The van der Waals surface area contributed by atoms with Crippen LogP contribution in [0.15, 0.2) is 47.3 Å². The van der Waals surface area contributed by atoms with Crippen LogP contribution in [-0.4, -0.2) is 21.8 Å². The minimum Gasteiger partial charge on any atom is -0.326 e. The van der Waals surface area contributed by atoms with Gasteiger partial charge in [0.25, 0.3) is 5.56 Å². The third-order valence-corrected chi connectivity index (χ3v) is 5.40. The zero-order chi connectivity index (χ0) is 22.1. The summed E-state index contributed by atoms with van der Waals surface area (Å²) < 4.78 is 0. The van der Waals surface area contributed by atoms with Crippen molar-refractivity contribution in [3.63, 3.8) is 0 Å². The lowest BCUT2D eigenvalue weighted by Gasteiger charge is -2.23. The summed E-state index contributed by atoms with van der Waals surface area (Å²) in [5.41, 5.74) is 3.01. The molecule has 0 aliphatic carbocycles. The molecule has 1 aliphatic heterocycles. The van der Waals surface area contributed by atoms with Crippen molar-refractivity contribution in [2.45, 2.75) is 26.2 Å². The molecule has 4 N–H and O–H groups in total. The van der Waals surface area contributed by atoms with Crippen LogP contribution in [0.25, 0.3) is 0 Å². The number of fused-ring (bicyclic) bond motifs is 1. The summed E-state index contributed by atoms with van der Waals surface area (Å²) in [6.45, 7) is 3.92. The predicted octanol–water partition coefficient (Wildman–Crippen LogP) is 3.85. The molecule has 0 saturated carbocycles. The van der Waals surface area contributed by atoms with E-state index in [-0.39, 0.29) is 29.7 Å². The van der Waals surface area contributed by atoms with Gasteiger partial charge in [-0.05, 0) is 61.4 Å². The molecular formula is C22H20ClN5O3. The van der Waals surface area contributed by atoms with Crippen LogP contribution in [0.1, 0.15) is 29.0 Å². The van der Waals surface area contributed by atoms with E-state index in [1.54, 1.807) is 30.3 Å². The number of aryl methyl sites for hydroxylation is 2. The molecule has 158 valence electrons. The number of aromatic amines is 1. The van der Waals surface area contributed by atoms with Crippen LogP contribution < -0.4 is 21.5 Å². The van der Waals surface area contributed by atoms with Gasteiger partial charge in [-0.3, -0.25) is 19.4 Å². The molecule has 2 amide bonds. The Hall–Kier alpha value is -3.65. The maximum Gasteiger partial charge on any atom is 0.258 e. The van der Waals surface area contributed by atoms with Gasteiger partial charge in [-0.2, -0.15) is 4.98 Å². The van der Waals surface area contributed by atoms with Crippen LogP contribution in [0.4, 0.5) is 23.1 Å². The molecule has 0 fully saturated rings. The Morgan fingerprint density at radius 2 is 1.77 bits per heavy atom. The number of benzene rings is 2. The molecule has 0 saturated heterocycles. The van der Waals surface area contributed by atoms with Crippen molar-refractivity contribution in [3.05, 3.63) is 74.5 Å². The van der Waals surface area contributed by atoms with Gasteiger partial charge in [0, 0.05) is 22.8 Å². The molecule has 0 radical (unpaired) electrons. The molecule has 4 rings (SSSR count). The Kier molecular flexibility index (Phi) is 5.48. The molecule has 1 unspecified atom stereocenters. The summed E-state index contributed by atoms with van der Waals surface area (Å²) in [7, 11) is 0. The van der Waals surface area contributed by atoms with E-state index < -0.39 is 17.4 Å². The van der Waals surface area contributed by atoms with Crippen molar-refractivity contribution in [2.24, 2.45) is 0 Å². The number of carbonyl (C=O) groups excluding carboxylic acids is 2. The van der Waals surface area contributed by atoms with Crippen molar-refractivity contribution in [1.29, 1.82) is 0 Å². The van der Waals surface area contributed by atoms with E-state index in [1.807, 2.05) is 26.0 Å². The van der Waals surface area contributed by atoms with Crippen LogP contribution in [0.2, 0.25) is 5.02 Å². The molecule has 1 atom stereocenters. The fraction of sp³-hybridized carbons (Fsp3) is 0.182. The van der Waals surface area contributed by atoms with Crippen molar-refractivity contribution in [3.8, 4) is 0 Å². The first-order valence-electron chi connectivity index (χ1n) is 9.65. The number of hydrogen-bond donors (Lipinski definition) is 4. The fourth-order valence-electron chi connectivity index (χ4n) is 3.37. The smallest absolute Gasteiger partial charge is 0.258 e. The standard InChI is InChI=1S/C22H20ClN5O3/c1-11-3-6-15(9-12(11)2)24-20(30)16-10-17(29)26-19-18(16)21(31)28-22(27-19)25-14-7-4-13(23)5-8-14/h3-9,16H,10H2,1-2H3,(H,24,30)(H3,25,26,27,28,29,31). The molecule has 0 bridgehead atoms. The van der Waals surface area contributed by atoms with E-state index in [9.17, 15) is 14.4 Å². The van der Waals surface area contributed by atoms with E-state index in [1.165, 1.54) is 0 Å². The van der Waals surface area contributed by atoms with Gasteiger partial charge in [0.1, 0.15) is 5.82 Å². The minimum atomic E-state index is -0.953. The molecular weight excluding hydrogens is 418 g/mol. The number of rotatable bonds is 4. The first kappa shape index (κ1) is 20.6. The first-order valence-corrected chi connectivity index (χ1v) is 10.0. The lowest BCUT2D eigenvalue weighted by molar-refractivity contribution is -0.123. The average Bonchev–Trinajstić information content (AvgIpc) is 2.71. The highest BCUT2D eigenvalue weighted by Gasteiger charge is 2.34. The summed E-state index contributed by atoms with van der Waals surface area (Å²) in [5.74, 6) is -1.57. The van der Waals surface area contributed by atoms with Gasteiger partial charge in [-0.15, -0.1) is 0 Å². The lowest BCUT2D eigenvalue weighted by Crippen LogP contribution is -2.36. The number of nitrogens with one attached hydrogen (secondary N) is 4. The number of H-pyrrole nitrogens is 1. The zero-order valence-electron chi connectivity index (χ0n) is 16.9. The van der Waals surface area contributed by atoms with E-state index in [0.717, 1.165) is 11.1 Å². The van der Waals surface area contributed by atoms with Gasteiger partial charge in [0.2, 0.25) is 17.8 Å². The SMILES string of the molecule is Cc1ccc(NC(=O)C2CC(=O)Nc3nc(Nc4ccc(Cl)cc4)[nH]c(=O)c32)cc1C. The number of amides is 2. The third kappa shape index (κ3) is 4.44. The maximum absolute atomic E-state index is 12.9. The monoisotopic (exact) mass is 437 g/mol. The van der Waals surface area contributed by atoms with E-state index in [2.05, 4.69) is 25.9 Å². The Bertz CT molecular complexity index is 1240. The molecule has 3 aromatic rings. The highest BCUT2D eigenvalue weighted by molar-refractivity contribution is 6.30. The first-order chi connectivity index (χ1) is 14.8. The normalized spacial score (nSPS) is 15.1. The van der Waals surface area contributed by atoms with Gasteiger partial charge in [0.15, 0.2) is 0 Å². The number of halogens is 1. The van der Waals surface area contributed by atoms with Crippen molar-refractivity contribution in [2.75, 3.05) is 16.0 Å². The number of nitrogens with zero attached hydrogens (tertiary/aromatic N) is 1. The second-order valence-electron chi connectivity index (χ2n) is 7.40. The topological polar surface area (TPSA) is 116 Å². The van der Waals surface area contributed by atoms with Gasteiger partial charge in [0.05, 0.1) is 11.5 Å². The molecule has 1 aromatic heterocycles. The summed E-state index contributed by atoms with van der Waals surface area (Å²) in [5, 5.41) is 8.92. The van der Waals surface area contributed by atoms with Crippen molar-refractivity contribution >= 4 is 46.6 Å². The number of aromatic nitrogens is 2. The predicted molar refractivity (Wildman–Crippen MR) is 120 cm³/mol. The number of anilines is 4. The fourth-order valence-corrected chi connectivity index (χ4v) is 3.50. The molecule has 31 heavy (non-hydrogen) atoms. The Labute approximate surface area is 183 Å². The van der Waals surface area contributed by atoms with Crippen molar-refractivity contribution < 1.29 is 9.59 Å². The third-order valence-electron chi connectivity index (χ3n) is 5.15. The largest absolute Gasteiger partial charge is 0.326 e. The summed E-state index contributed by atoms with van der Waals surface area (Å²) >= 11 is 5.88. The van der Waals surface area contributed by atoms with Gasteiger partial charge < -0.3 is 16.0 Å². The maximum atomic E-state index is 12.9. The van der Waals surface area contributed by atoms with Gasteiger partial charge in [-0.1, -0.05) is 17.7 Å². The summed E-state index contributed by atoms with van der Waals surface area (Å²) in [6, 6.07) is 12.4. The Balaban J connectivity index is 1.63. The number of carbonyl (C=O) groups is 2. The lowest BCUT2D eigenvalue weighted by atomic mass is 9.92. The molecule has 8 nitrogen and oxygen atoms in total. The van der Waals surface area contributed by atoms with Crippen LogP contribution in [0, 0.1) is 13.8 Å². The Morgan fingerprint density at radius 1 is 1.06 bits per heavy atom. The van der Waals surface area contributed by atoms with E-state index >= 15 is 0 Å². The zero-order valence-corrected chi connectivity index (χ0v) is 17.6. The van der Waals surface area contributed by atoms with Gasteiger partial charge >= 0.3 is 0 Å². The average molecular weight is 438 g/mol. The van der Waals surface area contributed by atoms with E-state index in [4.69, 9.17) is 11.6 Å². The Morgan fingerprint density at radius 3 is 2.48 bits per heavy atom. The minimum absolute atomic E-state index is 0.0664. The molecule has 0 spiro atoms. The quantitative estimate of drug-likeness (QED) is 0.494. The van der Waals surface area contributed by atoms with Crippen LogP contribution >= 0.6 is 11.6 Å². The summed E-state index contributed by atoms with van der Waals surface area (Å²) in [4.78, 5) is 44.9. The molecule has 2 heterocycles. The number of hydrogen-bond acceptors (Lipinski definition) is 5. The highest BCUT2D eigenvalue weighted by Crippen LogP contribution is 2.30.